The van der Waals surface area contributed by atoms with Crippen molar-refractivity contribution in [3.05, 3.63) is 35.4 Å². The fourth-order valence-electron chi connectivity index (χ4n) is 2.83. The maximum atomic E-state index is 12.9. The summed E-state index contributed by atoms with van der Waals surface area (Å²) in [5, 5.41) is 2.81. The van der Waals surface area contributed by atoms with Gasteiger partial charge in [-0.05, 0) is 38.8 Å². The fourth-order valence-corrected chi connectivity index (χ4v) is 2.83. The first-order valence-corrected chi connectivity index (χ1v) is 7.91. The van der Waals surface area contributed by atoms with Crippen molar-refractivity contribution in [2.24, 2.45) is 5.92 Å². The third-order valence-electron chi connectivity index (χ3n) is 4.43. The van der Waals surface area contributed by atoms with Crippen molar-refractivity contribution in [1.82, 2.24) is 10.2 Å². The number of aryl methyl sites for hydroxylation is 1. The van der Waals surface area contributed by atoms with E-state index in [1.807, 2.05) is 31.2 Å². The third-order valence-corrected chi connectivity index (χ3v) is 4.43. The molecule has 1 saturated heterocycles. The first-order chi connectivity index (χ1) is 10.8. The lowest BCUT2D eigenvalue weighted by Crippen LogP contribution is -2.51. The average molecular weight is 328 g/mol. The van der Waals surface area contributed by atoms with Gasteiger partial charge in [0.15, 0.2) is 0 Å². The van der Waals surface area contributed by atoms with Crippen LogP contribution in [0.5, 0.6) is 0 Å². The molecule has 0 aliphatic carbocycles. The lowest BCUT2D eigenvalue weighted by Gasteiger charge is -2.36. The predicted octanol–water partition coefficient (Wildman–Crippen LogP) is 3.27. The smallest absolute Gasteiger partial charge is 0.351 e. The molecule has 3 nitrogen and oxygen atoms in total. The molecular weight excluding hydrogens is 305 g/mol. The SMILES string of the molecule is Cc1ccc(CNC(=O)[C@@H](C)N2CCC[C@@H](C(F)(F)F)C2)cc1. The Morgan fingerprint density at radius 1 is 1.35 bits per heavy atom. The molecule has 2 atom stereocenters. The average Bonchev–Trinajstić information content (AvgIpc) is 2.52. The van der Waals surface area contributed by atoms with Gasteiger partial charge in [-0.2, -0.15) is 13.2 Å². The summed E-state index contributed by atoms with van der Waals surface area (Å²) in [6.45, 7) is 4.48. The Balaban J connectivity index is 1.87. The predicted molar refractivity (Wildman–Crippen MR) is 82.8 cm³/mol. The molecule has 0 aromatic heterocycles. The van der Waals surface area contributed by atoms with Gasteiger partial charge in [0.1, 0.15) is 0 Å². The van der Waals surface area contributed by atoms with Crippen molar-refractivity contribution in [2.75, 3.05) is 13.1 Å². The standard InChI is InChI=1S/C17H23F3N2O/c1-12-5-7-14(8-6-12)10-21-16(23)13(2)22-9-3-4-15(11-22)17(18,19)20/h5-8,13,15H,3-4,9-11H2,1-2H3,(H,21,23)/t13-,15-/m1/s1. The van der Waals surface area contributed by atoms with E-state index in [-0.39, 0.29) is 18.9 Å². The molecule has 0 spiro atoms. The molecule has 0 saturated carbocycles. The third kappa shape index (κ3) is 4.96. The Morgan fingerprint density at radius 3 is 2.61 bits per heavy atom. The van der Waals surface area contributed by atoms with E-state index in [1.54, 1.807) is 11.8 Å². The van der Waals surface area contributed by atoms with Gasteiger partial charge in [-0.1, -0.05) is 29.8 Å². The van der Waals surface area contributed by atoms with Crippen LogP contribution < -0.4 is 5.32 Å². The van der Waals surface area contributed by atoms with Crippen LogP contribution in [0.4, 0.5) is 13.2 Å². The molecule has 1 heterocycles. The number of nitrogens with one attached hydrogen (secondary N) is 1. The van der Waals surface area contributed by atoms with E-state index in [4.69, 9.17) is 0 Å². The summed E-state index contributed by atoms with van der Waals surface area (Å²) >= 11 is 0. The highest BCUT2D eigenvalue weighted by molar-refractivity contribution is 5.81. The van der Waals surface area contributed by atoms with Crippen LogP contribution in [-0.2, 0) is 11.3 Å². The molecule has 1 aromatic rings. The molecule has 1 N–H and O–H groups in total. The lowest BCUT2D eigenvalue weighted by molar-refractivity contribution is -0.188. The van der Waals surface area contributed by atoms with E-state index < -0.39 is 18.1 Å². The first-order valence-electron chi connectivity index (χ1n) is 7.91. The van der Waals surface area contributed by atoms with Crippen molar-refractivity contribution in [3.8, 4) is 0 Å². The van der Waals surface area contributed by atoms with Gasteiger partial charge in [-0.15, -0.1) is 0 Å². The van der Waals surface area contributed by atoms with Gasteiger partial charge in [0.05, 0.1) is 12.0 Å². The van der Waals surface area contributed by atoms with E-state index in [2.05, 4.69) is 5.32 Å². The van der Waals surface area contributed by atoms with Crippen molar-refractivity contribution in [1.29, 1.82) is 0 Å². The molecule has 1 aliphatic heterocycles. The van der Waals surface area contributed by atoms with Crippen LogP contribution >= 0.6 is 0 Å². The molecule has 0 unspecified atom stereocenters. The molecule has 1 amide bonds. The topological polar surface area (TPSA) is 32.3 Å². The minimum Gasteiger partial charge on any atom is -0.351 e. The van der Waals surface area contributed by atoms with Gasteiger partial charge in [-0.3, -0.25) is 9.69 Å². The van der Waals surface area contributed by atoms with Crippen LogP contribution in [0.1, 0.15) is 30.9 Å². The second-order valence-corrected chi connectivity index (χ2v) is 6.26. The van der Waals surface area contributed by atoms with Crippen LogP contribution in [0.25, 0.3) is 0 Å². The number of benzene rings is 1. The van der Waals surface area contributed by atoms with Crippen molar-refractivity contribution < 1.29 is 18.0 Å². The molecule has 1 fully saturated rings. The minimum absolute atomic E-state index is 0.0946. The Kier molecular flexibility index (Phi) is 5.68. The summed E-state index contributed by atoms with van der Waals surface area (Å²) in [4.78, 5) is 13.8. The normalized spacial score (nSPS) is 21.0. The Bertz CT molecular complexity index is 528. The Labute approximate surface area is 134 Å². The van der Waals surface area contributed by atoms with Crippen molar-refractivity contribution in [3.63, 3.8) is 0 Å². The molecule has 23 heavy (non-hydrogen) atoms. The summed E-state index contributed by atoms with van der Waals surface area (Å²) in [5.74, 6) is -1.56. The molecule has 2 rings (SSSR count). The number of alkyl halides is 3. The Morgan fingerprint density at radius 2 is 2.00 bits per heavy atom. The molecule has 0 bridgehead atoms. The number of nitrogens with zero attached hydrogens (tertiary/aromatic N) is 1. The number of hydrogen-bond donors (Lipinski definition) is 1. The van der Waals surface area contributed by atoms with E-state index in [0.717, 1.165) is 11.1 Å². The highest BCUT2D eigenvalue weighted by Gasteiger charge is 2.43. The Hall–Kier alpha value is -1.56. The zero-order valence-corrected chi connectivity index (χ0v) is 13.5. The summed E-state index contributed by atoms with van der Waals surface area (Å²) in [5.41, 5.74) is 2.11. The number of amides is 1. The summed E-state index contributed by atoms with van der Waals surface area (Å²) in [7, 11) is 0. The summed E-state index contributed by atoms with van der Waals surface area (Å²) in [6.07, 6.45) is -3.56. The quantitative estimate of drug-likeness (QED) is 0.920. The zero-order valence-electron chi connectivity index (χ0n) is 13.5. The van der Waals surface area contributed by atoms with Crippen molar-refractivity contribution in [2.45, 2.75) is 45.5 Å². The van der Waals surface area contributed by atoms with Gasteiger partial charge >= 0.3 is 6.18 Å². The van der Waals surface area contributed by atoms with E-state index in [0.29, 0.717) is 19.5 Å². The maximum Gasteiger partial charge on any atom is 0.393 e. The van der Waals surface area contributed by atoms with Gasteiger partial charge in [0.2, 0.25) is 5.91 Å². The molecule has 6 heteroatoms. The molecule has 1 aliphatic rings. The van der Waals surface area contributed by atoms with Gasteiger partial charge in [0.25, 0.3) is 0 Å². The maximum absolute atomic E-state index is 12.9. The van der Waals surface area contributed by atoms with Crippen LogP contribution in [0.15, 0.2) is 24.3 Å². The molecular formula is C17H23F3N2O. The van der Waals surface area contributed by atoms with Crippen molar-refractivity contribution >= 4 is 5.91 Å². The van der Waals surface area contributed by atoms with Gasteiger partial charge in [-0.25, -0.2) is 0 Å². The van der Waals surface area contributed by atoms with Crippen LogP contribution in [0, 0.1) is 12.8 Å². The monoisotopic (exact) mass is 328 g/mol. The second kappa shape index (κ2) is 7.34. The number of piperidine rings is 1. The highest BCUT2D eigenvalue weighted by Crippen LogP contribution is 2.33. The molecule has 128 valence electrons. The number of carbonyl (C=O) groups excluding carboxylic acids is 1. The molecule has 1 aromatic carbocycles. The van der Waals surface area contributed by atoms with E-state index in [1.165, 1.54) is 0 Å². The lowest BCUT2D eigenvalue weighted by atomic mass is 9.96. The largest absolute Gasteiger partial charge is 0.393 e. The number of carbonyl (C=O) groups is 1. The summed E-state index contributed by atoms with van der Waals surface area (Å²) < 4.78 is 38.6. The van der Waals surface area contributed by atoms with Crippen LogP contribution in [0.3, 0.4) is 0 Å². The fraction of sp³-hybridized carbons (Fsp3) is 0.588. The zero-order chi connectivity index (χ0) is 17.0. The van der Waals surface area contributed by atoms with Crippen LogP contribution in [-0.4, -0.2) is 36.1 Å². The van der Waals surface area contributed by atoms with E-state index in [9.17, 15) is 18.0 Å². The highest BCUT2D eigenvalue weighted by atomic mass is 19.4. The van der Waals surface area contributed by atoms with Gasteiger partial charge < -0.3 is 5.32 Å². The summed E-state index contributed by atoms with van der Waals surface area (Å²) in [6, 6.07) is 7.24. The van der Waals surface area contributed by atoms with E-state index >= 15 is 0 Å². The molecule has 0 radical (unpaired) electrons. The minimum atomic E-state index is -4.18. The number of rotatable bonds is 4. The number of hydrogen-bond acceptors (Lipinski definition) is 2. The number of halogens is 3. The van der Waals surface area contributed by atoms with Gasteiger partial charge in [0, 0.05) is 13.1 Å². The number of likely N-dealkylation sites (tertiary alicyclic amines) is 1. The van der Waals surface area contributed by atoms with Crippen LogP contribution in [0.2, 0.25) is 0 Å². The second-order valence-electron chi connectivity index (χ2n) is 6.26. The first kappa shape index (κ1) is 17.8.